The third-order valence-electron chi connectivity index (χ3n) is 5.09. The van der Waals surface area contributed by atoms with Gasteiger partial charge >= 0.3 is 0 Å². The van der Waals surface area contributed by atoms with Crippen LogP contribution in [0.4, 0.5) is 0 Å². The van der Waals surface area contributed by atoms with E-state index in [-0.39, 0.29) is 12.8 Å². The van der Waals surface area contributed by atoms with Crippen molar-refractivity contribution in [3.8, 4) is 0 Å². The number of nitrogens with zero attached hydrogens (tertiary/aromatic N) is 2. The van der Waals surface area contributed by atoms with Crippen molar-refractivity contribution >= 4 is 34.0 Å². The summed E-state index contributed by atoms with van der Waals surface area (Å²) in [6, 6.07) is 5.76. The molecule has 0 saturated carbocycles. The first kappa shape index (κ1) is 34.2. The number of aryl methyl sites for hydroxylation is 1. The van der Waals surface area contributed by atoms with E-state index in [2.05, 4.69) is 66.0 Å². The zero-order valence-corrected chi connectivity index (χ0v) is 23.1. The molecule has 3 atom stereocenters. The highest BCUT2D eigenvalue weighted by Gasteiger charge is 2.15. The molecule has 0 aromatic heterocycles. The number of aliphatic hydroxyl groups excluding tert-OH is 1. The Hall–Kier alpha value is -1.92. The van der Waals surface area contributed by atoms with E-state index >= 15 is 0 Å². The summed E-state index contributed by atoms with van der Waals surface area (Å²) in [4.78, 5) is 15.5. The summed E-state index contributed by atoms with van der Waals surface area (Å²) < 4.78 is 0. The fourth-order valence-corrected chi connectivity index (χ4v) is 3.29. The summed E-state index contributed by atoms with van der Waals surface area (Å²) in [6.07, 6.45) is 7.03. The van der Waals surface area contributed by atoms with Crippen molar-refractivity contribution in [2.45, 2.75) is 47.1 Å². The molecule has 3 unspecified atom stereocenters. The van der Waals surface area contributed by atoms with Gasteiger partial charge < -0.3 is 25.7 Å². The Labute approximate surface area is 212 Å². The van der Waals surface area contributed by atoms with Crippen molar-refractivity contribution in [3.63, 3.8) is 0 Å². The van der Waals surface area contributed by atoms with E-state index in [4.69, 9.17) is 37.2 Å². The van der Waals surface area contributed by atoms with Crippen LogP contribution in [0.1, 0.15) is 44.7 Å². The van der Waals surface area contributed by atoms with Crippen LogP contribution in [-0.4, -0.2) is 54.8 Å². The number of hydrogen-bond donors (Lipinski definition) is 3. The lowest BCUT2D eigenvalue weighted by atomic mass is 9.93. The van der Waals surface area contributed by atoms with E-state index in [1.54, 1.807) is 0 Å². The van der Waals surface area contributed by atoms with Crippen LogP contribution in [0.2, 0.25) is 5.02 Å². The molecule has 0 fully saturated rings. The number of carbonyl (C=O) groups is 1. The summed E-state index contributed by atoms with van der Waals surface area (Å²) >= 11 is 5.89. The molecule has 0 bridgehead atoms. The van der Waals surface area contributed by atoms with Crippen LogP contribution < -0.4 is 5.73 Å². The minimum Gasteiger partial charge on any atom is -0.483 e. The van der Waals surface area contributed by atoms with Gasteiger partial charge in [-0.2, -0.15) is 0 Å². The lowest BCUT2D eigenvalue weighted by Gasteiger charge is -2.29. The van der Waals surface area contributed by atoms with E-state index in [9.17, 15) is 0 Å². The van der Waals surface area contributed by atoms with Gasteiger partial charge in [0.25, 0.3) is 6.47 Å². The summed E-state index contributed by atoms with van der Waals surface area (Å²) in [7, 11) is 4.33. The number of benzene rings is 1. The molecule has 1 aromatic rings. The van der Waals surface area contributed by atoms with Gasteiger partial charge in [-0.15, -0.1) is 14.4 Å². The number of rotatable bonds is 8. The minimum atomic E-state index is -0.250. The molecule has 0 heterocycles. The molecular weight excluding hydrogens is 473 g/mol. The second-order valence-corrected chi connectivity index (χ2v) is 8.66. The van der Waals surface area contributed by atoms with Crippen molar-refractivity contribution in [2.75, 3.05) is 26.5 Å². The van der Waals surface area contributed by atoms with E-state index in [0.717, 1.165) is 41.6 Å². The highest BCUT2D eigenvalue weighted by Crippen LogP contribution is 2.25. The predicted molar refractivity (Wildman–Crippen MR) is 147 cm³/mol. The standard InChI is InChI=1S/C14H26N2.C9H10ClNO.CH2O2.CH5OP/c1-5-11(2)10-16(4)14-7-6-13(9-15)8-12(14)3;1-7-3-4-8(5-9(7)10)6-12-11-2;2*2-1-3/h6-7,11,13H,5,8-10,15H2,1-4H3;3-5H,2,6H2,1H3;1H,(H,2,3);2H,1,3H2. The lowest BCUT2D eigenvalue weighted by molar-refractivity contribution is -0.122. The summed E-state index contributed by atoms with van der Waals surface area (Å²) in [6.45, 7) is 14.0. The van der Waals surface area contributed by atoms with E-state index in [1.807, 2.05) is 25.1 Å². The van der Waals surface area contributed by atoms with Crippen LogP contribution in [0.3, 0.4) is 0 Å². The summed E-state index contributed by atoms with van der Waals surface area (Å²) in [5.41, 5.74) is 10.6. The number of halogens is 1. The number of hydrogen-bond acceptors (Lipinski definition) is 6. The van der Waals surface area contributed by atoms with Crippen LogP contribution in [0.15, 0.2) is 46.8 Å². The first-order valence-electron chi connectivity index (χ1n) is 11.2. The molecule has 1 aliphatic carbocycles. The van der Waals surface area contributed by atoms with Gasteiger partial charge in [-0.05, 0) is 67.5 Å². The van der Waals surface area contributed by atoms with Crippen molar-refractivity contribution in [3.05, 3.63) is 57.8 Å². The fourth-order valence-electron chi connectivity index (χ4n) is 3.09. The average molecular weight is 516 g/mol. The zero-order chi connectivity index (χ0) is 26.5. The van der Waals surface area contributed by atoms with Gasteiger partial charge in [0.15, 0.2) is 0 Å². The maximum Gasteiger partial charge on any atom is 0.290 e. The summed E-state index contributed by atoms with van der Waals surface area (Å²) in [5, 5.41) is 18.5. The highest BCUT2D eigenvalue weighted by molar-refractivity contribution is 7.16. The monoisotopic (exact) mass is 515 g/mol. The van der Waals surface area contributed by atoms with E-state index < -0.39 is 0 Å². The molecular formula is C25H43ClN3O4P. The van der Waals surface area contributed by atoms with Crippen LogP contribution >= 0.6 is 20.8 Å². The Morgan fingerprint density at radius 2 is 2.03 bits per heavy atom. The van der Waals surface area contributed by atoms with Crippen molar-refractivity contribution < 1.29 is 19.8 Å². The molecule has 1 aliphatic rings. The number of aliphatic hydroxyl groups is 1. The van der Waals surface area contributed by atoms with E-state index in [1.165, 1.54) is 17.7 Å². The Bertz CT molecular complexity index is 760. The number of likely N-dealkylation sites (N-methyl/N-ethyl adjacent to an activating group) is 1. The maximum absolute atomic E-state index is 8.36. The highest BCUT2D eigenvalue weighted by atomic mass is 35.5. The number of oxime groups is 1. The Morgan fingerprint density at radius 3 is 2.47 bits per heavy atom. The Kier molecular flexibility index (Phi) is 21.8. The third-order valence-corrected chi connectivity index (χ3v) is 5.49. The smallest absolute Gasteiger partial charge is 0.290 e. The van der Waals surface area contributed by atoms with Crippen LogP contribution in [0.5, 0.6) is 0 Å². The topological polar surface area (TPSA) is 108 Å². The fraction of sp³-hybridized carbons (Fsp3) is 0.520. The second kappa shape index (κ2) is 21.6. The molecule has 194 valence electrons. The predicted octanol–water partition coefficient (Wildman–Crippen LogP) is 5.07. The molecule has 2 rings (SSSR count). The molecule has 0 radical (unpaired) electrons. The van der Waals surface area contributed by atoms with Crippen LogP contribution in [0.25, 0.3) is 0 Å². The molecule has 7 nitrogen and oxygen atoms in total. The second-order valence-electron chi connectivity index (χ2n) is 7.89. The van der Waals surface area contributed by atoms with Gasteiger partial charge in [0.05, 0.1) is 6.35 Å². The number of nitrogens with two attached hydrogens (primary N) is 1. The van der Waals surface area contributed by atoms with Gasteiger partial charge in [0.2, 0.25) is 0 Å². The van der Waals surface area contributed by atoms with Gasteiger partial charge in [-0.3, -0.25) is 4.79 Å². The Morgan fingerprint density at radius 1 is 1.44 bits per heavy atom. The van der Waals surface area contributed by atoms with Crippen LogP contribution in [-0.2, 0) is 16.2 Å². The number of carboxylic acid groups (broad SMARTS) is 1. The number of allylic oxidation sites excluding steroid dienone is 2. The maximum atomic E-state index is 8.36. The van der Waals surface area contributed by atoms with Crippen molar-refractivity contribution in [2.24, 2.45) is 22.7 Å². The van der Waals surface area contributed by atoms with Gasteiger partial charge in [-0.25, -0.2) is 0 Å². The SMILES string of the molecule is C=NOCc1ccc(C)c(Cl)c1.CCC(C)CN(C)C1=C(C)CC(CN)C=C1.O=CO.OCP. The molecule has 0 spiro atoms. The lowest BCUT2D eigenvalue weighted by Crippen LogP contribution is -2.26. The first-order valence-corrected chi connectivity index (χ1v) is 12.4. The molecule has 1 aromatic carbocycles. The van der Waals surface area contributed by atoms with Crippen LogP contribution in [0, 0.1) is 18.8 Å². The Balaban J connectivity index is 0. The van der Waals surface area contributed by atoms with Gasteiger partial charge in [-0.1, -0.05) is 50.1 Å². The zero-order valence-electron chi connectivity index (χ0n) is 21.2. The van der Waals surface area contributed by atoms with Gasteiger partial charge in [0.1, 0.15) is 6.61 Å². The summed E-state index contributed by atoms with van der Waals surface area (Å²) in [5.74, 6) is 1.30. The quantitative estimate of drug-likeness (QED) is 0.193. The van der Waals surface area contributed by atoms with E-state index in [0.29, 0.717) is 12.5 Å². The molecule has 34 heavy (non-hydrogen) atoms. The van der Waals surface area contributed by atoms with Crippen molar-refractivity contribution in [1.29, 1.82) is 0 Å². The largest absolute Gasteiger partial charge is 0.483 e. The molecule has 0 amide bonds. The normalized spacial score (nSPS) is 14.8. The average Bonchev–Trinajstić information content (AvgIpc) is 2.81. The molecule has 4 N–H and O–H groups in total. The molecule has 9 heteroatoms. The molecule has 0 aliphatic heterocycles. The molecule has 0 saturated heterocycles. The van der Waals surface area contributed by atoms with Gasteiger partial charge in [0, 0.05) is 31.0 Å². The first-order chi connectivity index (χ1) is 16.1. The minimum absolute atomic E-state index is 0.167. The third kappa shape index (κ3) is 15.8. The van der Waals surface area contributed by atoms with Crippen molar-refractivity contribution in [1.82, 2.24) is 4.90 Å².